The van der Waals surface area contributed by atoms with Gasteiger partial charge in [-0.05, 0) is 24.3 Å². The molecule has 0 bridgehead atoms. The summed E-state index contributed by atoms with van der Waals surface area (Å²) in [5.74, 6) is 0. The van der Waals surface area contributed by atoms with Gasteiger partial charge in [-0.2, -0.15) is 0 Å². The second kappa shape index (κ2) is 4.51. The lowest BCUT2D eigenvalue weighted by molar-refractivity contribution is 0.0394. The van der Waals surface area contributed by atoms with Gasteiger partial charge in [-0.1, -0.05) is 24.3 Å². The zero-order valence-electron chi connectivity index (χ0n) is 9.31. The normalized spacial score (nSPS) is 24.0. The number of hydrogen-bond acceptors (Lipinski definition) is 3. The molecule has 1 aromatic carbocycles. The van der Waals surface area contributed by atoms with Crippen molar-refractivity contribution in [2.45, 2.75) is 12.1 Å². The maximum absolute atomic E-state index is 5.93. The molecule has 0 amide bonds. The van der Waals surface area contributed by atoms with E-state index in [4.69, 9.17) is 10.5 Å². The molecule has 0 aliphatic heterocycles. The van der Waals surface area contributed by atoms with E-state index in [2.05, 4.69) is 5.32 Å². The summed E-state index contributed by atoms with van der Waals surface area (Å²) in [5.41, 5.74) is 7.40. The summed E-state index contributed by atoms with van der Waals surface area (Å²) in [4.78, 5) is 0. The Balaban J connectivity index is 2.02. The highest BCUT2D eigenvalue weighted by molar-refractivity contribution is 5.51. The Morgan fingerprint density at radius 2 is 2.06 bits per heavy atom. The van der Waals surface area contributed by atoms with E-state index < -0.39 is 5.72 Å². The highest BCUT2D eigenvalue weighted by atomic mass is 16.5. The number of allylic oxidation sites excluding steroid dienone is 1. The van der Waals surface area contributed by atoms with Crippen molar-refractivity contribution in [1.29, 1.82) is 0 Å². The molecule has 1 aliphatic carbocycles. The number of ether oxygens (including phenoxy) is 1. The molecule has 3 N–H and O–H groups in total. The van der Waals surface area contributed by atoms with E-state index in [1.54, 1.807) is 7.11 Å². The third-order valence-corrected chi connectivity index (χ3v) is 2.63. The van der Waals surface area contributed by atoms with Gasteiger partial charge in [0.05, 0.1) is 0 Å². The molecule has 0 radical (unpaired) electrons. The van der Waals surface area contributed by atoms with Gasteiger partial charge in [0.15, 0.2) is 0 Å². The van der Waals surface area contributed by atoms with Crippen LogP contribution < -0.4 is 11.1 Å². The average Bonchev–Trinajstić information content (AvgIpc) is 2.34. The number of hydrogen-bond donors (Lipinski definition) is 2. The van der Waals surface area contributed by atoms with E-state index in [-0.39, 0.29) is 0 Å². The summed E-state index contributed by atoms with van der Waals surface area (Å²) < 4.78 is 5.20. The third-order valence-electron chi connectivity index (χ3n) is 2.63. The van der Waals surface area contributed by atoms with Crippen LogP contribution in [-0.2, 0) is 4.74 Å². The van der Waals surface area contributed by atoms with Crippen LogP contribution >= 0.6 is 0 Å². The minimum Gasteiger partial charge on any atom is -0.360 e. The largest absolute Gasteiger partial charge is 0.360 e. The molecule has 16 heavy (non-hydrogen) atoms. The number of anilines is 1. The number of benzene rings is 1. The highest BCUT2D eigenvalue weighted by Gasteiger charge is 2.21. The van der Waals surface area contributed by atoms with Crippen molar-refractivity contribution in [1.82, 2.24) is 0 Å². The fourth-order valence-electron chi connectivity index (χ4n) is 1.57. The highest BCUT2D eigenvalue weighted by Crippen LogP contribution is 2.20. The van der Waals surface area contributed by atoms with Crippen LogP contribution in [0.5, 0.6) is 0 Å². The van der Waals surface area contributed by atoms with Gasteiger partial charge in [-0.3, -0.25) is 5.73 Å². The number of methoxy groups -OCH3 is 1. The fraction of sp³-hybridized carbons (Fsp3) is 0.231. The van der Waals surface area contributed by atoms with Gasteiger partial charge < -0.3 is 10.1 Å². The third kappa shape index (κ3) is 2.51. The summed E-state index contributed by atoms with van der Waals surface area (Å²) in [7, 11) is 1.62. The Kier molecular flexibility index (Phi) is 3.08. The Labute approximate surface area is 95.6 Å². The number of nitrogens with one attached hydrogen (secondary N) is 1. The van der Waals surface area contributed by atoms with Gasteiger partial charge in [0, 0.05) is 24.9 Å². The van der Waals surface area contributed by atoms with Gasteiger partial charge in [-0.25, -0.2) is 0 Å². The first kappa shape index (κ1) is 10.9. The summed E-state index contributed by atoms with van der Waals surface area (Å²) in [6, 6.07) is 10.0. The predicted octanol–water partition coefficient (Wildman–Crippen LogP) is 2.24. The van der Waals surface area contributed by atoms with Crippen molar-refractivity contribution in [2.75, 3.05) is 12.4 Å². The molecule has 2 rings (SSSR count). The maximum atomic E-state index is 5.93. The second-order valence-electron chi connectivity index (χ2n) is 3.85. The molecule has 1 atom stereocenters. The van der Waals surface area contributed by atoms with Crippen LogP contribution in [0.1, 0.15) is 6.42 Å². The van der Waals surface area contributed by atoms with E-state index in [0.29, 0.717) is 6.42 Å². The SMILES string of the molecule is COC1(N)C=CC(Nc2ccccc2)=CC1. The smallest absolute Gasteiger partial charge is 0.139 e. The Hall–Kier alpha value is -1.58. The Morgan fingerprint density at radius 1 is 1.31 bits per heavy atom. The average molecular weight is 216 g/mol. The summed E-state index contributed by atoms with van der Waals surface area (Å²) in [6.45, 7) is 0. The van der Waals surface area contributed by atoms with Gasteiger partial charge in [0.2, 0.25) is 0 Å². The summed E-state index contributed by atoms with van der Waals surface area (Å²) >= 11 is 0. The van der Waals surface area contributed by atoms with E-state index in [1.165, 1.54) is 0 Å². The van der Waals surface area contributed by atoms with Crippen molar-refractivity contribution >= 4 is 5.69 Å². The van der Waals surface area contributed by atoms with E-state index in [1.807, 2.05) is 48.6 Å². The Morgan fingerprint density at radius 3 is 2.62 bits per heavy atom. The molecular formula is C13H16N2O. The van der Waals surface area contributed by atoms with Crippen molar-refractivity contribution in [3.8, 4) is 0 Å². The van der Waals surface area contributed by atoms with Crippen molar-refractivity contribution in [3.63, 3.8) is 0 Å². The summed E-state index contributed by atoms with van der Waals surface area (Å²) in [5, 5.41) is 3.31. The Bertz CT molecular complexity index is 411. The lowest BCUT2D eigenvalue weighted by Crippen LogP contribution is -2.40. The van der Waals surface area contributed by atoms with Crippen LogP contribution in [0.3, 0.4) is 0 Å². The molecule has 0 heterocycles. The van der Waals surface area contributed by atoms with Crippen LogP contribution in [0, 0.1) is 0 Å². The van der Waals surface area contributed by atoms with Crippen molar-refractivity contribution in [3.05, 3.63) is 54.3 Å². The van der Waals surface area contributed by atoms with Crippen molar-refractivity contribution < 1.29 is 4.74 Å². The summed E-state index contributed by atoms with van der Waals surface area (Å²) in [6.07, 6.45) is 6.53. The fourth-order valence-corrected chi connectivity index (χ4v) is 1.57. The minimum absolute atomic E-state index is 0.651. The van der Waals surface area contributed by atoms with Crippen LogP contribution in [0.2, 0.25) is 0 Å². The minimum atomic E-state index is -0.651. The molecule has 3 heteroatoms. The molecule has 1 unspecified atom stereocenters. The molecule has 0 saturated carbocycles. The standard InChI is InChI=1S/C13H16N2O/c1-16-13(14)9-7-12(8-10-13)15-11-5-3-2-4-6-11/h2-9,15H,10,14H2,1H3. The molecule has 0 spiro atoms. The van der Waals surface area contributed by atoms with E-state index in [9.17, 15) is 0 Å². The van der Waals surface area contributed by atoms with E-state index in [0.717, 1.165) is 11.4 Å². The first-order chi connectivity index (χ1) is 7.72. The van der Waals surface area contributed by atoms with E-state index >= 15 is 0 Å². The molecule has 84 valence electrons. The van der Waals surface area contributed by atoms with Gasteiger partial charge in [-0.15, -0.1) is 0 Å². The monoisotopic (exact) mass is 216 g/mol. The molecule has 3 nitrogen and oxygen atoms in total. The quantitative estimate of drug-likeness (QED) is 0.762. The number of para-hydroxylation sites is 1. The van der Waals surface area contributed by atoms with Gasteiger partial charge in [0.1, 0.15) is 5.72 Å². The van der Waals surface area contributed by atoms with Crippen LogP contribution in [0.15, 0.2) is 54.3 Å². The topological polar surface area (TPSA) is 47.3 Å². The second-order valence-corrected chi connectivity index (χ2v) is 3.85. The first-order valence-corrected chi connectivity index (χ1v) is 5.27. The molecule has 0 aromatic heterocycles. The maximum Gasteiger partial charge on any atom is 0.139 e. The van der Waals surface area contributed by atoms with Crippen LogP contribution in [0.25, 0.3) is 0 Å². The lowest BCUT2D eigenvalue weighted by Gasteiger charge is -2.26. The zero-order valence-corrected chi connectivity index (χ0v) is 9.31. The lowest BCUT2D eigenvalue weighted by atomic mass is 10.0. The van der Waals surface area contributed by atoms with Crippen molar-refractivity contribution in [2.24, 2.45) is 5.73 Å². The molecule has 1 aliphatic rings. The number of rotatable bonds is 3. The number of nitrogens with two attached hydrogens (primary N) is 1. The van der Waals surface area contributed by atoms with Crippen LogP contribution in [-0.4, -0.2) is 12.8 Å². The molecule has 1 aromatic rings. The van der Waals surface area contributed by atoms with Gasteiger partial charge in [0.25, 0.3) is 0 Å². The van der Waals surface area contributed by atoms with Crippen LogP contribution in [0.4, 0.5) is 5.69 Å². The predicted molar refractivity (Wildman–Crippen MR) is 65.8 cm³/mol. The first-order valence-electron chi connectivity index (χ1n) is 5.27. The molecule has 0 saturated heterocycles. The molecular weight excluding hydrogens is 200 g/mol. The zero-order chi connectivity index (χ0) is 11.4. The van der Waals surface area contributed by atoms with Gasteiger partial charge >= 0.3 is 0 Å². The molecule has 0 fully saturated rings.